The molecular weight excluding hydrogens is 196 g/mol. The van der Waals surface area contributed by atoms with E-state index in [0.29, 0.717) is 0 Å². The summed E-state index contributed by atoms with van der Waals surface area (Å²) in [4.78, 5) is 0. The third kappa shape index (κ3) is 2.75. The van der Waals surface area contributed by atoms with Gasteiger partial charge in [0.15, 0.2) is 0 Å². The fourth-order valence-corrected chi connectivity index (χ4v) is 3.50. The van der Waals surface area contributed by atoms with Gasteiger partial charge in [0.2, 0.25) is 0 Å². The van der Waals surface area contributed by atoms with Crippen molar-refractivity contribution in [1.82, 2.24) is 0 Å². The zero-order valence-electron chi connectivity index (χ0n) is 10.8. The van der Waals surface area contributed by atoms with Crippen LogP contribution in [-0.4, -0.2) is 8.07 Å². The Kier molecular flexibility index (Phi) is 3.11. The Morgan fingerprint density at radius 3 is 2.20 bits per heavy atom. The zero-order valence-corrected chi connectivity index (χ0v) is 11.8. The predicted octanol–water partition coefficient (Wildman–Crippen LogP) is 4.56. The largest absolute Gasteiger partial charge is 0.0879 e. The highest BCUT2D eigenvalue weighted by Crippen LogP contribution is 2.56. The Hall–Kier alpha value is -0.0431. The molecule has 3 rings (SSSR count). The van der Waals surface area contributed by atoms with Crippen LogP contribution < -0.4 is 0 Å². The first-order valence-electron chi connectivity index (χ1n) is 6.62. The van der Waals surface area contributed by atoms with Crippen molar-refractivity contribution in [3.05, 3.63) is 12.2 Å². The Morgan fingerprint density at radius 2 is 1.60 bits per heavy atom. The molecule has 1 heteroatoms. The second-order valence-electron chi connectivity index (χ2n) is 7.24. The van der Waals surface area contributed by atoms with Gasteiger partial charge in [0, 0.05) is 8.07 Å². The van der Waals surface area contributed by atoms with Crippen LogP contribution in [0.3, 0.4) is 0 Å². The summed E-state index contributed by atoms with van der Waals surface area (Å²) in [7, 11) is -0.611. The number of hydrogen-bond acceptors (Lipinski definition) is 0. The van der Waals surface area contributed by atoms with Crippen LogP contribution in [0.4, 0.5) is 0 Å². The van der Waals surface area contributed by atoms with E-state index in [2.05, 4.69) is 38.3 Å². The summed E-state index contributed by atoms with van der Waals surface area (Å²) < 4.78 is 0. The third-order valence-electron chi connectivity index (χ3n) is 3.92. The second-order valence-corrected chi connectivity index (χ2v) is 13.2. The van der Waals surface area contributed by atoms with Crippen molar-refractivity contribution in [3.8, 4) is 0 Å². The first-order valence-corrected chi connectivity index (χ1v) is 10.6. The SMILES string of the molecule is C1=CC2C3CCC(C3)C2C1.C[Si](C)(C)C. The highest BCUT2D eigenvalue weighted by atomic mass is 28.3. The van der Waals surface area contributed by atoms with E-state index in [-0.39, 0.29) is 0 Å². The van der Waals surface area contributed by atoms with Gasteiger partial charge in [0.25, 0.3) is 0 Å². The highest BCUT2D eigenvalue weighted by Gasteiger charge is 2.47. The van der Waals surface area contributed by atoms with Crippen molar-refractivity contribution in [2.45, 2.75) is 51.9 Å². The zero-order chi connectivity index (χ0) is 11.1. The standard InChI is InChI=1S/C10H14.C4H12Si/c1-2-9-7-4-5-8(6-7)10(9)3-1;1-5(2,3)4/h1-2,7-10H,3-6H2;1-4H3. The van der Waals surface area contributed by atoms with E-state index < -0.39 is 8.07 Å². The molecule has 0 saturated heterocycles. The molecule has 15 heavy (non-hydrogen) atoms. The molecule has 2 fully saturated rings. The summed E-state index contributed by atoms with van der Waals surface area (Å²) in [6.45, 7) is 9.31. The Labute approximate surface area is 96.2 Å². The molecule has 4 atom stereocenters. The van der Waals surface area contributed by atoms with Gasteiger partial charge in [-0.1, -0.05) is 38.3 Å². The Morgan fingerprint density at radius 1 is 1.00 bits per heavy atom. The quantitative estimate of drug-likeness (QED) is 0.416. The van der Waals surface area contributed by atoms with Gasteiger partial charge in [-0.25, -0.2) is 0 Å². The molecular formula is C14H26Si. The van der Waals surface area contributed by atoms with Crippen LogP contribution in [0.1, 0.15) is 25.7 Å². The molecule has 3 aliphatic rings. The monoisotopic (exact) mass is 222 g/mol. The van der Waals surface area contributed by atoms with Crippen molar-refractivity contribution in [2.24, 2.45) is 23.7 Å². The maximum Gasteiger partial charge on any atom is 0.0411 e. The van der Waals surface area contributed by atoms with Crippen LogP contribution in [0.25, 0.3) is 0 Å². The second kappa shape index (κ2) is 4.08. The molecule has 0 aromatic carbocycles. The fraction of sp³-hybridized carbons (Fsp3) is 0.857. The van der Waals surface area contributed by atoms with E-state index in [9.17, 15) is 0 Å². The third-order valence-corrected chi connectivity index (χ3v) is 3.92. The smallest absolute Gasteiger partial charge is 0.0411 e. The minimum atomic E-state index is -0.611. The molecule has 0 spiro atoms. The summed E-state index contributed by atoms with van der Waals surface area (Å²) in [5.41, 5.74) is 0. The number of hydrogen-bond donors (Lipinski definition) is 0. The Balaban J connectivity index is 0.000000149. The minimum absolute atomic E-state index is 0.611. The van der Waals surface area contributed by atoms with Crippen molar-refractivity contribution in [1.29, 1.82) is 0 Å². The molecule has 3 aliphatic carbocycles. The molecule has 2 saturated carbocycles. The van der Waals surface area contributed by atoms with Gasteiger partial charge in [0.05, 0.1) is 0 Å². The maximum atomic E-state index is 2.49. The number of allylic oxidation sites excluding steroid dienone is 2. The van der Waals surface area contributed by atoms with E-state index in [1.807, 2.05) is 0 Å². The van der Waals surface area contributed by atoms with E-state index in [4.69, 9.17) is 0 Å². The van der Waals surface area contributed by atoms with Gasteiger partial charge in [-0.3, -0.25) is 0 Å². The predicted molar refractivity (Wildman–Crippen MR) is 70.8 cm³/mol. The fourth-order valence-electron chi connectivity index (χ4n) is 3.50. The lowest BCUT2D eigenvalue weighted by molar-refractivity contribution is 0.285. The summed E-state index contributed by atoms with van der Waals surface area (Å²) in [6, 6.07) is 0. The number of rotatable bonds is 0. The van der Waals surface area contributed by atoms with Crippen LogP contribution in [0.15, 0.2) is 12.2 Å². The lowest BCUT2D eigenvalue weighted by Crippen LogP contribution is -2.16. The summed E-state index contributed by atoms with van der Waals surface area (Å²) in [5, 5.41) is 0. The average molecular weight is 222 g/mol. The van der Waals surface area contributed by atoms with Crippen LogP contribution in [0.2, 0.25) is 26.2 Å². The summed E-state index contributed by atoms with van der Waals surface area (Å²) in [6.07, 6.45) is 11.0. The Bertz CT molecular complexity index is 243. The van der Waals surface area contributed by atoms with E-state index in [0.717, 1.165) is 23.7 Å². The van der Waals surface area contributed by atoms with E-state index in [1.165, 1.54) is 12.8 Å². The molecule has 4 unspecified atom stereocenters. The van der Waals surface area contributed by atoms with Crippen LogP contribution in [0, 0.1) is 23.7 Å². The van der Waals surface area contributed by atoms with Crippen molar-refractivity contribution in [2.75, 3.05) is 0 Å². The number of fused-ring (bicyclic) bond motifs is 5. The van der Waals surface area contributed by atoms with Crippen molar-refractivity contribution >= 4 is 8.07 Å². The molecule has 0 aliphatic heterocycles. The topological polar surface area (TPSA) is 0 Å². The highest BCUT2D eigenvalue weighted by molar-refractivity contribution is 6.74. The lowest BCUT2D eigenvalue weighted by Gasteiger charge is -2.23. The van der Waals surface area contributed by atoms with Crippen molar-refractivity contribution in [3.63, 3.8) is 0 Å². The minimum Gasteiger partial charge on any atom is -0.0879 e. The van der Waals surface area contributed by atoms with Gasteiger partial charge in [0.1, 0.15) is 0 Å². The molecule has 86 valence electrons. The lowest BCUT2D eigenvalue weighted by atomic mass is 9.82. The molecule has 2 bridgehead atoms. The molecule has 0 aromatic rings. The molecule has 0 aromatic heterocycles. The van der Waals surface area contributed by atoms with Gasteiger partial charge in [-0.15, -0.1) is 0 Å². The molecule has 0 N–H and O–H groups in total. The molecule has 0 radical (unpaired) electrons. The summed E-state index contributed by atoms with van der Waals surface area (Å²) >= 11 is 0. The average Bonchev–Trinajstić information content (AvgIpc) is 2.74. The van der Waals surface area contributed by atoms with Gasteiger partial charge < -0.3 is 0 Å². The maximum absolute atomic E-state index is 2.49. The molecule has 0 amide bonds. The first kappa shape index (κ1) is 11.4. The molecule has 0 nitrogen and oxygen atoms in total. The van der Waals surface area contributed by atoms with Crippen LogP contribution >= 0.6 is 0 Å². The van der Waals surface area contributed by atoms with Gasteiger partial charge >= 0.3 is 0 Å². The first-order chi connectivity index (χ1) is 6.95. The van der Waals surface area contributed by atoms with Gasteiger partial charge in [-0.05, 0) is 49.4 Å². The molecule has 0 heterocycles. The van der Waals surface area contributed by atoms with Gasteiger partial charge in [-0.2, -0.15) is 0 Å². The van der Waals surface area contributed by atoms with E-state index >= 15 is 0 Å². The van der Waals surface area contributed by atoms with E-state index in [1.54, 1.807) is 12.8 Å². The summed E-state index contributed by atoms with van der Waals surface area (Å²) in [5.74, 6) is 4.36. The normalized spacial score (nSPS) is 41.3. The van der Waals surface area contributed by atoms with Crippen LogP contribution in [0.5, 0.6) is 0 Å². The van der Waals surface area contributed by atoms with Crippen LogP contribution in [-0.2, 0) is 0 Å². The van der Waals surface area contributed by atoms with Crippen molar-refractivity contribution < 1.29 is 0 Å².